The largest absolute Gasteiger partial charge is 0.465 e. The van der Waals surface area contributed by atoms with Gasteiger partial charge < -0.3 is 15.8 Å². The SMILES string of the molecule is COC(=O)c1cc(N)ccc1Nc1c(F)cccc1F. The van der Waals surface area contributed by atoms with Crippen molar-refractivity contribution in [3.8, 4) is 0 Å². The molecule has 6 heteroatoms. The number of ether oxygens (including phenoxy) is 1. The minimum atomic E-state index is -0.766. The summed E-state index contributed by atoms with van der Waals surface area (Å²) in [6, 6.07) is 7.80. The van der Waals surface area contributed by atoms with E-state index < -0.39 is 17.6 Å². The lowest BCUT2D eigenvalue weighted by Crippen LogP contribution is -2.08. The fraction of sp³-hybridized carbons (Fsp3) is 0.0714. The van der Waals surface area contributed by atoms with Gasteiger partial charge in [-0.05, 0) is 30.3 Å². The third kappa shape index (κ3) is 2.69. The van der Waals surface area contributed by atoms with Crippen molar-refractivity contribution in [2.24, 2.45) is 0 Å². The second kappa shape index (κ2) is 5.56. The number of nitrogen functional groups attached to an aromatic ring is 1. The Labute approximate surface area is 114 Å². The molecule has 0 amide bonds. The van der Waals surface area contributed by atoms with Crippen molar-refractivity contribution in [2.45, 2.75) is 0 Å². The van der Waals surface area contributed by atoms with Gasteiger partial charge in [0, 0.05) is 5.69 Å². The number of halogens is 2. The van der Waals surface area contributed by atoms with Crippen molar-refractivity contribution < 1.29 is 18.3 Å². The van der Waals surface area contributed by atoms with Crippen LogP contribution in [0.4, 0.5) is 25.8 Å². The molecule has 104 valence electrons. The molecule has 0 heterocycles. The molecule has 20 heavy (non-hydrogen) atoms. The van der Waals surface area contributed by atoms with Gasteiger partial charge in [0.05, 0.1) is 18.4 Å². The Morgan fingerprint density at radius 2 is 1.85 bits per heavy atom. The Morgan fingerprint density at radius 1 is 1.20 bits per heavy atom. The smallest absolute Gasteiger partial charge is 0.340 e. The first kappa shape index (κ1) is 13.8. The van der Waals surface area contributed by atoms with Gasteiger partial charge >= 0.3 is 5.97 Å². The molecular weight excluding hydrogens is 266 g/mol. The van der Waals surface area contributed by atoms with E-state index in [2.05, 4.69) is 10.1 Å². The Balaban J connectivity index is 2.46. The number of rotatable bonds is 3. The van der Waals surface area contributed by atoms with Crippen LogP contribution in [-0.2, 0) is 4.74 Å². The van der Waals surface area contributed by atoms with Crippen LogP contribution in [0.2, 0.25) is 0 Å². The molecule has 0 atom stereocenters. The van der Waals surface area contributed by atoms with Gasteiger partial charge in [-0.2, -0.15) is 0 Å². The highest BCUT2D eigenvalue weighted by Gasteiger charge is 2.15. The zero-order valence-electron chi connectivity index (χ0n) is 10.6. The van der Waals surface area contributed by atoms with Crippen molar-refractivity contribution in [3.63, 3.8) is 0 Å². The average molecular weight is 278 g/mol. The molecule has 0 aliphatic carbocycles. The van der Waals surface area contributed by atoms with Crippen LogP contribution in [0.25, 0.3) is 0 Å². The lowest BCUT2D eigenvalue weighted by Gasteiger charge is -2.12. The normalized spacial score (nSPS) is 10.2. The van der Waals surface area contributed by atoms with Gasteiger partial charge in [0.25, 0.3) is 0 Å². The van der Waals surface area contributed by atoms with E-state index in [-0.39, 0.29) is 16.9 Å². The highest BCUT2D eigenvalue weighted by Crippen LogP contribution is 2.27. The van der Waals surface area contributed by atoms with E-state index in [4.69, 9.17) is 5.73 Å². The quantitative estimate of drug-likeness (QED) is 0.669. The number of nitrogens with one attached hydrogen (secondary N) is 1. The summed E-state index contributed by atoms with van der Waals surface area (Å²) in [4.78, 5) is 11.6. The molecule has 2 rings (SSSR count). The van der Waals surface area contributed by atoms with E-state index in [0.29, 0.717) is 5.69 Å². The van der Waals surface area contributed by atoms with Crippen LogP contribution in [-0.4, -0.2) is 13.1 Å². The predicted molar refractivity (Wildman–Crippen MR) is 71.8 cm³/mol. The van der Waals surface area contributed by atoms with E-state index in [9.17, 15) is 13.6 Å². The Hall–Kier alpha value is -2.63. The Morgan fingerprint density at radius 3 is 2.45 bits per heavy atom. The first-order chi connectivity index (χ1) is 9.52. The molecule has 2 aromatic rings. The van der Waals surface area contributed by atoms with Crippen molar-refractivity contribution in [1.82, 2.24) is 0 Å². The van der Waals surface area contributed by atoms with Crippen LogP contribution >= 0.6 is 0 Å². The van der Waals surface area contributed by atoms with Crippen LogP contribution in [0.1, 0.15) is 10.4 Å². The summed E-state index contributed by atoms with van der Waals surface area (Å²) in [5.74, 6) is -2.19. The first-order valence-electron chi connectivity index (χ1n) is 5.72. The summed E-state index contributed by atoms with van der Waals surface area (Å²) in [7, 11) is 1.21. The topological polar surface area (TPSA) is 64.3 Å². The maximum Gasteiger partial charge on any atom is 0.340 e. The minimum Gasteiger partial charge on any atom is -0.465 e. The average Bonchev–Trinajstić information content (AvgIpc) is 2.43. The molecule has 2 aromatic carbocycles. The Kier molecular flexibility index (Phi) is 3.84. The van der Waals surface area contributed by atoms with Crippen molar-refractivity contribution in [3.05, 3.63) is 53.6 Å². The van der Waals surface area contributed by atoms with Crippen molar-refractivity contribution in [2.75, 3.05) is 18.2 Å². The second-order valence-electron chi connectivity index (χ2n) is 4.02. The van der Waals surface area contributed by atoms with Gasteiger partial charge in [-0.3, -0.25) is 0 Å². The van der Waals surface area contributed by atoms with E-state index in [1.807, 2.05) is 0 Å². The number of nitrogens with two attached hydrogens (primary N) is 1. The fourth-order valence-corrected chi connectivity index (χ4v) is 1.70. The van der Waals surface area contributed by atoms with Crippen LogP contribution in [0, 0.1) is 11.6 Å². The third-order valence-electron chi connectivity index (χ3n) is 2.67. The molecule has 0 aliphatic rings. The molecule has 0 radical (unpaired) electrons. The van der Waals surface area contributed by atoms with E-state index in [0.717, 1.165) is 12.1 Å². The zero-order valence-corrected chi connectivity index (χ0v) is 10.6. The van der Waals surface area contributed by atoms with Crippen LogP contribution in [0.15, 0.2) is 36.4 Å². The van der Waals surface area contributed by atoms with Gasteiger partial charge in [0.1, 0.15) is 17.3 Å². The lowest BCUT2D eigenvalue weighted by atomic mass is 10.1. The van der Waals surface area contributed by atoms with Gasteiger partial charge in [0.2, 0.25) is 0 Å². The van der Waals surface area contributed by atoms with Crippen LogP contribution < -0.4 is 11.1 Å². The van der Waals surface area contributed by atoms with Crippen LogP contribution in [0.5, 0.6) is 0 Å². The molecule has 0 spiro atoms. The predicted octanol–water partition coefficient (Wildman–Crippen LogP) is 3.08. The van der Waals surface area contributed by atoms with E-state index in [1.165, 1.54) is 31.4 Å². The van der Waals surface area contributed by atoms with Crippen LogP contribution in [0.3, 0.4) is 0 Å². The monoisotopic (exact) mass is 278 g/mol. The molecule has 0 fully saturated rings. The van der Waals surface area contributed by atoms with Gasteiger partial charge in [-0.25, -0.2) is 13.6 Å². The van der Waals surface area contributed by atoms with Gasteiger partial charge in [-0.1, -0.05) is 6.07 Å². The van der Waals surface area contributed by atoms with Crippen molar-refractivity contribution in [1.29, 1.82) is 0 Å². The summed E-state index contributed by atoms with van der Waals surface area (Å²) in [6.45, 7) is 0. The van der Waals surface area contributed by atoms with E-state index >= 15 is 0 Å². The maximum absolute atomic E-state index is 13.6. The molecule has 0 saturated heterocycles. The number of carbonyl (C=O) groups excluding carboxylic acids is 1. The molecule has 4 nitrogen and oxygen atoms in total. The molecule has 3 N–H and O–H groups in total. The number of esters is 1. The number of benzene rings is 2. The maximum atomic E-state index is 13.6. The molecule has 0 bridgehead atoms. The highest BCUT2D eigenvalue weighted by atomic mass is 19.1. The van der Waals surface area contributed by atoms with E-state index in [1.54, 1.807) is 0 Å². The number of para-hydroxylation sites is 1. The summed E-state index contributed by atoms with van der Waals surface area (Å²) < 4.78 is 31.8. The summed E-state index contributed by atoms with van der Waals surface area (Å²) in [6.07, 6.45) is 0. The highest BCUT2D eigenvalue weighted by molar-refractivity contribution is 5.97. The molecular formula is C14H12F2N2O2. The number of anilines is 3. The Bertz CT molecular complexity index is 639. The molecule has 0 aliphatic heterocycles. The number of hydrogen-bond donors (Lipinski definition) is 2. The number of hydrogen-bond acceptors (Lipinski definition) is 4. The second-order valence-corrected chi connectivity index (χ2v) is 4.02. The van der Waals surface area contributed by atoms with Gasteiger partial charge in [-0.15, -0.1) is 0 Å². The zero-order chi connectivity index (χ0) is 14.7. The van der Waals surface area contributed by atoms with Crippen molar-refractivity contribution >= 4 is 23.0 Å². The third-order valence-corrected chi connectivity index (χ3v) is 2.67. The fourth-order valence-electron chi connectivity index (χ4n) is 1.70. The molecule has 0 unspecified atom stereocenters. The first-order valence-corrected chi connectivity index (χ1v) is 5.72. The summed E-state index contributed by atoms with van der Waals surface area (Å²) in [5, 5.41) is 2.55. The summed E-state index contributed by atoms with van der Waals surface area (Å²) in [5.41, 5.74) is 5.88. The lowest BCUT2D eigenvalue weighted by molar-refractivity contribution is 0.0602. The number of carbonyl (C=O) groups is 1. The molecule has 0 saturated carbocycles. The minimum absolute atomic E-state index is 0.0927. The standard InChI is InChI=1S/C14H12F2N2O2/c1-20-14(19)9-7-8(17)5-6-12(9)18-13-10(15)3-2-4-11(13)16/h2-7,18H,17H2,1H3. The molecule has 0 aromatic heterocycles. The number of methoxy groups -OCH3 is 1. The van der Waals surface area contributed by atoms with Gasteiger partial charge in [0.15, 0.2) is 0 Å². The summed E-state index contributed by atoms with van der Waals surface area (Å²) >= 11 is 0.